The average molecular weight is 645 g/mol. The summed E-state index contributed by atoms with van der Waals surface area (Å²) in [5.41, 5.74) is 10.9. The zero-order chi connectivity index (χ0) is 26.4. The molecule has 0 fully saturated rings. The van der Waals surface area contributed by atoms with E-state index < -0.39 is 21.3 Å². The van der Waals surface area contributed by atoms with Crippen LogP contribution in [-0.2, 0) is 21.3 Å². The number of fused-ring (bicyclic) bond motifs is 4. The van der Waals surface area contributed by atoms with Crippen molar-refractivity contribution in [3.05, 3.63) is 128 Å². The van der Waals surface area contributed by atoms with Crippen molar-refractivity contribution in [1.29, 1.82) is 0 Å². The second-order valence-electron chi connectivity index (χ2n) is 11.9. The molecule has 2 aliphatic carbocycles. The number of rotatable bonds is 5. The molecule has 204 valence electrons. The largest absolute Gasteiger partial charge is 1.00 e. The topological polar surface area (TPSA) is 0 Å². The van der Waals surface area contributed by atoms with Gasteiger partial charge in [-0.3, -0.25) is 0 Å². The van der Waals surface area contributed by atoms with E-state index in [-0.39, 0.29) is 30.2 Å². The SMILES string of the molecule is CCC1=[C](/[Zr+2](=[CH]/c2cccc3ccccc23)[CH]2c3ccccc3-c3ccccc32)C(CC)C=C1C(C)(C)C.[Cl-].[Cl-]. The maximum absolute atomic E-state index is 2.82. The molecule has 2 aliphatic rings. The fourth-order valence-electron chi connectivity index (χ4n) is 6.90. The number of hydrogen-bond donors (Lipinski definition) is 0. The third-order valence-corrected chi connectivity index (χ3v) is 16.3. The van der Waals surface area contributed by atoms with Crippen LogP contribution < -0.4 is 24.8 Å². The van der Waals surface area contributed by atoms with E-state index in [2.05, 4.69) is 135 Å². The summed E-state index contributed by atoms with van der Waals surface area (Å²) >= 11 is -2.53. The molecule has 0 saturated carbocycles. The second kappa shape index (κ2) is 12.4. The summed E-state index contributed by atoms with van der Waals surface area (Å²) in [5, 5.41) is 2.73. The molecule has 4 aromatic carbocycles. The average Bonchev–Trinajstić information content (AvgIpc) is 3.48. The fourth-order valence-corrected chi connectivity index (χ4v) is 16.2. The molecule has 0 aromatic heterocycles. The van der Waals surface area contributed by atoms with Gasteiger partial charge >= 0.3 is 237 Å². The monoisotopic (exact) mass is 642 g/mol. The summed E-state index contributed by atoms with van der Waals surface area (Å²) in [7, 11) is 0. The summed E-state index contributed by atoms with van der Waals surface area (Å²) in [4.78, 5) is 0. The Bertz CT molecular complexity index is 1580. The van der Waals surface area contributed by atoms with Gasteiger partial charge in [-0.1, -0.05) is 0 Å². The summed E-state index contributed by atoms with van der Waals surface area (Å²) < 4.78 is 5.16. The third-order valence-electron chi connectivity index (χ3n) is 8.58. The van der Waals surface area contributed by atoms with Crippen molar-refractivity contribution < 1.29 is 46.1 Å². The summed E-state index contributed by atoms with van der Waals surface area (Å²) in [6.07, 6.45) is 4.97. The summed E-state index contributed by atoms with van der Waals surface area (Å²) in [6, 6.07) is 34.3. The first kappa shape index (κ1) is 30.9. The van der Waals surface area contributed by atoms with Gasteiger partial charge in [0.2, 0.25) is 0 Å². The van der Waals surface area contributed by atoms with Gasteiger partial charge in [-0.05, 0) is 0 Å². The zero-order valence-corrected chi connectivity index (χ0v) is 28.1. The van der Waals surface area contributed by atoms with E-state index >= 15 is 0 Å². The van der Waals surface area contributed by atoms with E-state index in [0.29, 0.717) is 9.54 Å². The van der Waals surface area contributed by atoms with Crippen molar-refractivity contribution >= 4 is 14.5 Å². The molecule has 0 nitrogen and oxygen atoms in total. The number of allylic oxidation sites excluding steroid dienone is 4. The maximum Gasteiger partial charge on any atom is -1.00 e. The zero-order valence-electron chi connectivity index (χ0n) is 24.1. The first-order valence-electron chi connectivity index (χ1n) is 14.3. The van der Waals surface area contributed by atoms with E-state index in [9.17, 15) is 0 Å². The van der Waals surface area contributed by atoms with Gasteiger partial charge in [0.1, 0.15) is 0 Å². The van der Waals surface area contributed by atoms with Gasteiger partial charge < -0.3 is 24.8 Å². The van der Waals surface area contributed by atoms with Crippen LogP contribution in [0.3, 0.4) is 0 Å². The second-order valence-corrected chi connectivity index (χ2v) is 17.6. The van der Waals surface area contributed by atoms with E-state index in [1.807, 2.05) is 3.28 Å². The minimum absolute atomic E-state index is 0. The van der Waals surface area contributed by atoms with Gasteiger partial charge in [-0.2, -0.15) is 0 Å². The third kappa shape index (κ3) is 5.31. The van der Waals surface area contributed by atoms with Crippen molar-refractivity contribution in [3.8, 4) is 11.1 Å². The van der Waals surface area contributed by atoms with Crippen molar-refractivity contribution in [1.82, 2.24) is 0 Å². The van der Waals surface area contributed by atoms with Crippen LogP contribution in [0.15, 0.2) is 111 Å². The van der Waals surface area contributed by atoms with Gasteiger partial charge in [0.25, 0.3) is 0 Å². The number of halogens is 2. The Hall–Kier alpha value is -2.05. The Morgan fingerprint density at radius 2 is 1.30 bits per heavy atom. The Balaban J connectivity index is 0.00000185. The van der Waals surface area contributed by atoms with E-state index in [4.69, 9.17) is 0 Å². The molecule has 0 spiro atoms. The number of benzene rings is 4. The van der Waals surface area contributed by atoms with Crippen LogP contribution >= 0.6 is 0 Å². The molecule has 6 rings (SSSR count). The molecule has 0 saturated heterocycles. The minimum atomic E-state index is -2.53. The van der Waals surface area contributed by atoms with Crippen LogP contribution in [0.5, 0.6) is 0 Å². The van der Waals surface area contributed by atoms with Crippen LogP contribution in [-0.4, -0.2) is 3.71 Å². The maximum atomic E-state index is 2.82. The van der Waals surface area contributed by atoms with Crippen molar-refractivity contribution in [2.24, 2.45) is 11.3 Å². The molecular weight excluding hydrogens is 607 g/mol. The van der Waals surface area contributed by atoms with E-state index in [0.717, 1.165) is 6.42 Å². The van der Waals surface area contributed by atoms with Gasteiger partial charge in [0, 0.05) is 0 Å². The fraction of sp³-hybridized carbons (Fsp3) is 0.270. The van der Waals surface area contributed by atoms with Crippen LogP contribution in [0, 0.1) is 11.3 Å². The van der Waals surface area contributed by atoms with Gasteiger partial charge in [-0.15, -0.1) is 0 Å². The van der Waals surface area contributed by atoms with E-state index in [1.165, 1.54) is 33.9 Å². The summed E-state index contributed by atoms with van der Waals surface area (Å²) in [5.74, 6) is 0.555. The molecule has 0 amide bonds. The molecule has 1 atom stereocenters. The predicted molar refractivity (Wildman–Crippen MR) is 161 cm³/mol. The molecule has 0 radical (unpaired) electrons. The van der Waals surface area contributed by atoms with Crippen molar-refractivity contribution in [3.63, 3.8) is 0 Å². The molecule has 0 bridgehead atoms. The molecule has 40 heavy (non-hydrogen) atoms. The Morgan fingerprint density at radius 3 is 1.90 bits per heavy atom. The predicted octanol–water partition coefficient (Wildman–Crippen LogP) is 4.06. The molecule has 0 N–H and O–H groups in total. The molecule has 1 unspecified atom stereocenters. The smallest absolute Gasteiger partial charge is 1.00 e. The molecule has 3 heteroatoms. The van der Waals surface area contributed by atoms with Crippen LogP contribution in [0.25, 0.3) is 21.9 Å². The quantitative estimate of drug-likeness (QED) is 0.308. The number of hydrogen-bond acceptors (Lipinski definition) is 0. The Morgan fingerprint density at radius 1 is 0.725 bits per heavy atom. The van der Waals surface area contributed by atoms with Crippen LogP contribution in [0.1, 0.15) is 67.8 Å². The summed E-state index contributed by atoms with van der Waals surface area (Å²) in [6.45, 7) is 12.0. The van der Waals surface area contributed by atoms with Crippen molar-refractivity contribution in [2.45, 2.75) is 51.1 Å². The Kier molecular flexibility index (Phi) is 9.61. The van der Waals surface area contributed by atoms with Gasteiger partial charge in [0.15, 0.2) is 0 Å². The Labute approximate surface area is 260 Å². The normalized spacial score (nSPS) is 16.3. The molecule has 4 aromatic rings. The van der Waals surface area contributed by atoms with E-state index in [1.54, 1.807) is 22.3 Å². The van der Waals surface area contributed by atoms with Crippen LogP contribution in [0.2, 0.25) is 0 Å². The minimum Gasteiger partial charge on any atom is -1.00 e. The van der Waals surface area contributed by atoms with Crippen LogP contribution in [0.4, 0.5) is 0 Å². The first-order chi connectivity index (χ1) is 18.4. The molecule has 0 aliphatic heterocycles. The first-order valence-corrected chi connectivity index (χ1v) is 18.3. The van der Waals surface area contributed by atoms with Crippen molar-refractivity contribution in [2.75, 3.05) is 0 Å². The standard InChI is InChI=1S/C13H9.C13H21.C11H8.2ClH.Zr/c1-3-7-12-10(5-1)9-11-6-2-4-8-13(11)12;1-6-10-8-11(7-2)12(9-10)13(3,4)5;1-9-5-4-7-10-6-2-3-8-11(9)10;;;/h1-9H;9-10H,6-7H2,1-5H3;1-8H;2*1H;/q;;;;;+2/p-2. The van der Waals surface area contributed by atoms with Gasteiger partial charge in [-0.25, -0.2) is 0 Å². The molecule has 0 heterocycles. The molecular formula is C37H38Cl2Zr. The van der Waals surface area contributed by atoms with Gasteiger partial charge in [0.05, 0.1) is 0 Å².